The van der Waals surface area contributed by atoms with E-state index in [1.54, 1.807) is 0 Å². The molecule has 2 nitrogen and oxygen atoms in total. The van der Waals surface area contributed by atoms with Crippen LogP contribution in [0, 0.1) is 6.92 Å². The summed E-state index contributed by atoms with van der Waals surface area (Å²) in [6.07, 6.45) is 0. The highest BCUT2D eigenvalue weighted by atomic mass is 35.5. The minimum Gasteiger partial charge on any atom is -0.489 e. The Labute approximate surface area is 119 Å². The Balaban J connectivity index is 2.02. The van der Waals surface area contributed by atoms with Crippen LogP contribution in [0.15, 0.2) is 42.5 Å². The van der Waals surface area contributed by atoms with Crippen LogP contribution in [0.25, 0.3) is 0 Å². The molecule has 1 unspecified atom stereocenters. The standard InChI is InChI=1S/C16H18ClNO/c1-11-3-4-14(16(17)9-11)10-19-15-7-5-13(6-8-15)12(2)18/h3-9,12H,10,18H2,1-2H3. The summed E-state index contributed by atoms with van der Waals surface area (Å²) in [7, 11) is 0. The van der Waals surface area contributed by atoms with Gasteiger partial charge < -0.3 is 10.5 Å². The maximum Gasteiger partial charge on any atom is 0.119 e. The van der Waals surface area contributed by atoms with E-state index < -0.39 is 0 Å². The van der Waals surface area contributed by atoms with Crippen molar-refractivity contribution in [1.82, 2.24) is 0 Å². The lowest BCUT2D eigenvalue weighted by atomic mass is 10.1. The van der Waals surface area contributed by atoms with Gasteiger partial charge in [-0.25, -0.2) is 0 Å². The van der Waals surface area contributed by atoms with E-state index in [4.69, 9.17) is 22.1 Å². The second-order valence-corrected chi connectivity index (χ2v) is 5.15. The van der Waals surface area contributed by atoms with Crippen molar-refractivity contribution < 1.29 is 4.74 Å². The number of hydrogen-bond acceptors (Lipinski definition) is 2. The molecule has 19 heavy (non-hydrogen) atoms. The minimum absolute atomic E-state index is 0.0422. The topological polar surface area (TPSA) is 35.2 Å². The molecule has 0 aliphatic heterocycles. The first-order valence-electron chi connectivity index (χ1n) is 6.29. The number of hydrogen-bond donors (Lipinski definition) is 1. The number of nitrogens with two attached hydrogens (primary N) is 1. The average Bonchev–Trinajstić information content (AvgIpc) is 2.38. The highest BCUT2D eigenvalue weighted by Crippen LogP contribution is 2.21. The molecule has 1 atom stereocenters. The van der Waals surface area contributed by atoms with E-state index in [9.17, 15) is 0 Å². The third-order valence-corrected chi connectivity index (χ3v) is 3.36. The maximum absolute atomic E-state index is 6.17. The molecule has 0 heterocycles. The van der Waals surface area contributed by atoms with E-state index in [1.165, 1.54) is 0 Å². The van der Waals surface area contributed by atoms with E-state index >= 15 is 0 Å². The van der Waals surface area contributed by atoms with Crippen molar-refractivity contribution >= 4 is 11.6 Å². The highest BCUT2D eigenvalue weighted by Gasteiger charge is 2.03. The summed E-state index contributed by atoms with van der Waals surface area (Å²) in [6.45, 7) is 4.45. The molecule has 0 aromatic heterocycles. The van der Waals surface area contributed by atoms with Crippen molar-refractivity contribution in [1.29, 1.82) is 0 Å². The molecular formula is C16H18ClNO. The number of ether oxygens (including phenoxy) is 1. The first-order valence-corrected chi connectivity index (χ1v) is 6.67. The van der Waals surface area contributed by atoms with Crippen LogP contribution in [0.5, 0.6) is 5.75 Å². The van der Waals surface area contributed by atoms with Crippen molar-refractivity contribution in [3.63, 3.8) is 0 Å². The Hall–Kier alpha value is -1.51. The molecule has 2 aromatic carbocycles. The van der Waals surface area contributed by atoms with Gasteiger partial charge in [0.1, 0.15) is 12.4 Å². The third-order valence-electron chi connectivity index (χ3n) is 3.01. The molecule has 3 heteroatoms. The summed E-state index contributed by atoms with van der Waals surface area (Å²) in [4.78, 5) is 0. The Morgan fingerprint density at radius 3 is 2.42 bits per heavy atom. The van der Waals surface area contributed by atoms with Gasteiger partial charge in [-0.2, -0.15) is 0 Å². The van der Waals surface area contributed by atoms with Gasteiger partial charge in [-0.15, -0.1) is 0 Å². The minimum atomic E-state index is 0.0422. The lowest BCUT2D eigenvalue weighted by Gasteiger charge is -2.10. The average molecular weight is 276 g/mol. The van der Waals surface area contributed by atoms with Gasteiger partial charge in [-0.3, -0.25) is 0 Å². The molecule has 0 fully saturated rings. The van der Waals surface area contributed by atoms with Crippen LogP contribution >= 0.6 is 11.6 Å². The molecule has 100 valence electrons. The predicted molar refractivity (Wildman–Crippen MR) is 79.6 cm³/mol. The maximum atomic E-state index is 6.17. The second-order valence-electron chi connectivity index (χ2n) is 4.74. The first kappa shape index (κ1) is 13.9. The van der Waals surface area contributed by atoms with Crippen LogP contribution in [-0.4, -0.2) is 0 Å². The zero-order valence-electron chi connectivity index (χ0n) is 11.2. The normalized spacial score (nSPS) is 12.2. The summed E-state index contributed by atoms with van der Waals surface area (Å²) in [6, 6.07) is 13.8. The Kier molecular flexibility index (Phi) is 4.46. The number of halogens is 1. The van der Waals surface area contributed by atoms with Crippen LogP contribution in [0.4, 0.5) is 0 Å². The van der Waals surface area contributed by atoms with Gasteiger partial charge in [0.15, 0.2) is 0 Å². The summed E-state index contributed by atoms with van der Waals surface area (Å²) in [5, 5.41) is 0.743. The van der Waals surface area contributed by atoms with Crippen molar-refractivity contribution in [2.45, 2.75) is 26.5 Å². The quantitative estimate of drug-likeness (QED) is 0.905. The predicted octanol–water partition coefficient (Wildman–Crippen LogP) is 4.25. The van der Waals surface area contributed by atoms with E-state index in [-0.39, 0.29) is 6.04 Å². The summed E-state index contributed by atoms with van der Waals surface area (Å²) in [5.41, 5.74) is 9.04. The molecule has 0 bridgehead atoms. The van der Waals surface area contributed by atoms with Crippen LogP contribution in [-0.2, 0) is 6.61 Å². The fraction of sp³-hybridized carbons (Fsp3) is 0.250. The van der Waals surface area contributed by atoms with Gasteiger partial charge in [0.25, 0.3) is 0 Å². The van der Waals surface area contributed by atoms with Crippen LogP contribution < -0.4 is 10.5 Å². The summed E-state index contributed by atoms with van der Waals surface area (Å²) < 4.78 is 5.72. The lowest BCUT2D eigenvalue weighted by Crippen LogP contribution is -2.04. The number of rotatable bonds is 4. The first-order chi connectivity index (χ1) is 9.06. The van der Waals surface area contributed by atoms with Gasteiger partial charge in [0, 0.05) is 16.6 Å². The molecule has 0 radical (unpaired) electrons. The molecule has 2 rings (SSSR count). The van der Waals surface area contributed by atoms with Crippen LogP contribution in [0.1, 0.15) is 29.7 Å². The summed E-state index contributed by atoms with van der Waals surface area (Å²) >= 11 is 6.17. The zero-order valence-corrected chi connectivity index (χ0v) is 11.9. The SMILES string of the molecule is Cc1ccc(COc2ccc(C(C)N)cc2)c(Cl)c1. The molecule has 2 N–H and O–H groups in total. The molecule has 0 saturated carbocycles. The van der Waals surface area contributed by atoms with Crippen molar-refractivity contribution in [2.75, 3.05) is 0 Å². The Bertz CT molecular complexity index is 549. The Morgan fingerprint density at radius 2 is 1.84 bits per heavy atom. The lowest BCUT2D eigenvalue weighted by molar-refractivity contribution is 0.306. The second kappa shape index (κ2) is 6.09. The molecule has 0 aliphatic rings. The highest BCUT2D eigenvalue weighted by molar-refractivity contribution is 6.31. The van der Waals surface area contributed by atoms with Crippen molar-refractivity contribution in [3.05, 3.63) is 64.2 Å². The largest absolute Gasteiger partial charge is 0.489 e. The summed E-state index contributed by atoms with van der Waals surface area (Å²) in [5.74, 6) is 0.820. The number of benzene rings is 2. The molecule has 0 saturated heterocycles. The van der Waals surface area contributed by atoms with E-state index in [0.29, 0.717) is 6.61 Å². The van der Waals surface area contributed by atoms with Crippen LogP contribution in [0.3, 0.4) is 0 Å². The fourth-order valence-electron chi connectivity index (χ4n) is 1.80. The van der Waals surface area contributed by atoms with Crippen LogP contribution in [0.2, 0.25) is 5.02 Å². The molecule has 0 spiro atoms. The molecule has 2 aromatic rings. The van der Waals surface area contributed by atoms with Crippen molar-refractivity contribution in [3.8, 4) is 5.75 Å². The third kappa shape index (κ3) is 3.72. The zero-order chi connectivity index (χ0) is 13.8. The van der Waals surface area contributed by atoms with Gasteiger partial charge in [0.2, 0.25) is 0 Å². The van der Waals surface area contributed by atoms with Gasteiger partial charge >= 0.3 is 0 Å². The van der Waals surface area contributed by atoms with E-state index in [2.05, 4.69) is 0 Å². The van der Waals surface area contributed by atoms with Gasteiger partial charge in [-0.05, 0) is 43.2 Å². The monoisotopic (exact) mass is 275 g/mol. The Morgan fingerprint density at radius 1 is 1.16 bits per heavy atom. The molecule has 0 amide bonds. The fourth-order valence-corrected chi connectivity index (χ4v) is 2.09. The van der Waals surface area contributed by atoms with E-state index in [1.807, 2.05) is 56.3 Å². The van der Waals surface area contributed by atoms with Gasteiger partial charge in [-0.1, -0.05) is 35.9 Å². The number of aryl methyl sites for hydroxylation is 1. The smallest absolute Gasteiger partial charge is 0.119 e. The molecular weight excluding hydrogens is 258 g/mol. The van der Waals surface area contributed by atoms with E-state index in [0.717, 1.165) is 27.5 Å². The molecule has 0 aliphatic carbocycles. The van der Waals surface area contributed by atoms with Crippen molar-refractivity contribution in [2.24, 2.45) is 5.73 Å². The van der Waals surface area contributed by atoms with Gasteiger partial charge in [0.05, 0.1) is 0 Å².